The van der Waals surface area contributed by atoms with Crippen molar-refractivity contribution in [3.8, 4) is 17.2 Å². The lowest BCUT2D eigenvalue weighted by molar-refractivity contribution is 0.0731. The zero-order valence-electron chi connectivity index (χ0n) is 25.1. The summed E-state index contributed by atoms with van der Waals surface area (Å²) in [5.74, 6) is 0.267. The molecule has 1 unspecified atom stereocenters. The fraction of sp³-hybridized carbons (Fsp3) is 0.629. The molecular formula is C35H53FO4. The molecule has 1 N–H and O–H groups in total. The van der Waals surface area contributed by atoms with Gasteiger partial charge in [-0.05, 0) is 54.8 Å². The molecule has 0 aliphatic carbocycles. The molecule has 0 saturated heterocycles. The Balaban J connectivity index is 1.63. The number of hydrogen-bond donors (Lipinski definition) is 1. The van der Waals surface area contributed by atoms with Gasteiger partial charge in [0, 0.05) is 6.42 Å². The van der Waals surface area contributed by atoms with Gasteiger partial charge >= 0.3 is 5.97 Å². The Morgan fingerprint density at radius 3 is 1.82 bits per heavy atom. The van der Waals surface area contributed by atoms with Crippen molar-refractivity contribution in [2.45, 2.75) is 136 Å². The number of carbonyl (C=O) groups excluding carboxylic acids is 1. The van der Waals surface area contributed by atoms with Crippen LogP contribution in [0.3, 0.4) is 0 Å². The van der Waals surface area contributed by atoms with E-state index in [9.17, 15) is 14.3 Å². The second-order valence-corrected chi connectivity index (χ2v) is 11.1. The predicted octanol–water partition coefficient (Wildman–Crippen LogP) is 10.5. The molecule has 0 saturated carbocycles. The number of carbonyl (C=O) groups is 1. The molecule has 224 valence electrons. The van der Waals surface area contributed by atoms with Crippen molar-refractivity contribution < 1.29 is 23.8 Å². The largest absolute Gasteiger partial charge is 0.507 e. The quantitative estimate of drug-likeness (QED) is 0.0840. The molecule has 0 aliphatic heterocycles. The minimum Gasteiger partial charge on any atom is -0.507 e. The van der Waals surface area contributed by atoms with Gasteiger partial charge in [-0.1, -0.05) is 116 Å². The number of ether oxygens (including phenoxy) is 2. The molecule has 0 bridgehead atoms. The van der Waals surface area contributed by atoms with Crippen molar-refractivity contribution in [3.63, 3.8) is 0 Å². The third-order valence-corrected chi connectivity index (χ3v) is 7.41. The third kappa shape index (κ3) is 14.7. The molecule has 0 aromatic heterocycles. The summed E-state index contributed by atoms with van der Waals surface area (Å²) in [4.78, 5) is 12.6. The topological polar surface area (TPSA) is 55.8 Å². The lowest BCUT2D eigenvalue weighted by Crippen LogP contribution is -2.10. The first kappa shape index (κ1) is 33.6. The summed E-state index contributed by atoms with van der Waals surface area (Å²) in [6.07, 6.45) is 19.5. The summed E-state index contributed by atoms with van der Waals surface area (Å²) in [7, 11) is 0. The van der Waals surface area contributed by atoms with Gasteiger partial charge in [0.15, 0.2) is 0 Å². The number of alkyl halides is 1. The lowest BCUT2D eigenvalue weighted by Gasteiger charge is -2.11. The summed E-state index contributed by atoms with van der Waals surface area (Å²) in [5.41, 5.74) is 0.747. The minimum atomic E-state index is -0.951. The van der Waals surface area contributed by atoms with Crippen molar-refractivity contribution in [1.82, 2.24) is 0 Å². The van der Waals surface area contributed by atoms with E-state index >= 15 is 0 Å². The zero-order chi connectivity index (χ0) is 28.8. The molecule has 40 heavy (non-hydrogen) atoms. The maximum Gasteiger partial charge on any atom is 0.347 e. The van der Waals surface area contributed by atoms with E-state index in [2.05, 4.69) is 13.8 Å². The normalized spacial score (nSPS) is 11.9. The number of phenolic OH excluding ortho intramolecular Hbond substituents is 1. The van der Waals surface area contributed by atoms with E-state index in [0.29, 0.717) is 24.3 Å². The van der Waals surface area contributed by atoms with Crippen LogP contribution in [0.2, 0.25) is 0 Å². The molecule has 0 radical (unpaired) electrons. The summed E-state index contributed by atoms with van der Waals surface area (Å²) < 4.78 is 25.7. The number of rotatable bonds is 23. The van der Waals surface area contributed by atoms with Crippen LogP contribution in [0, 0.1) is 0 Å². The van der Waals surface area contributed by atoms with Gasteiger partial charge in [0.25, 0.3) is 0 Å². The molecule has 4 nitrogen and oxygen atoms in total. The van der Waals surface area contributed by atoms with Crippen LogP contribution in [0.4, 0.5) is 4.39 Å². The molecule has 5 heteroatoms. The van der Waals surface area contributed by atoms with Crippen LogP contribution >= 0.6 is 0 Å². The van der Waals surface area contributed by atoms with Crippen molar-refractivity contribution in [1.29, 1.82) is 0 Å². The molecule has 0 amide bonds. The van der Waals surface area contributed by atoms with Gasteiger partial charge in [-0.25, -0.2) is 9.18 Å². The average molecular weight is 557 g/mol. The number of phenols is 1. The van der Waals surface area contributed by atoms with E-state index in [4.69, 9.17) is 9.47 Å². The number of aromatic hydroxyl groups is 1. The summed E-state index contributed by atoms with van der Waals surface area (Å²) in [6, 6.07) is 11.6. The molecule has 0 fully saturated rings. The van der Waals surface area contributed by atoms with E-state index in [1.807, 2.05) is 0 Å². The van der Waals surface area contributed by atoms with Gasteiger partial charge in [0.2, 0.25) is 0 Å². The molecule has 2 aromatic rings. The minimum absolute atomic E-state index is 0.0661. The molecule has 2 rings (SSSR count). The van der Waals surface area contributed by atoms with Gasteiger partial charge in [-0.15, -0.1) is 0 Å². The Kier molecular flexibility index (Phi) is 17.9. The third-order valence-electron chi connectivity index (χ3n) is 7.41. The van der Waals surface area contributed by atoms with Gasteiger partial charge in [-0.3, -0.25) is 0 Å². The number of halogens is 1. The van der Waals surface area contributed by atoms with Gasteiger partial charge in [-0.2, -0.15) is 0 Å². The van der Waals surface area contributed by atoms with Crippen LogP contribution in [-0.4, -0.2) is 23.9 Å². The van der Waals surface area contributed by atoms with E-state index in [-0.39, 0.29) is 17.7 Å². The summed E-state index contributed by atoms with van der Waals surface area (Å²) in [6.45, 7) is 5.09. The van der Waals surface area contributed by atoms with Crippen molar-refractivity contribution >= 4 is 5.97 Å². The Hall–Kier alpha value is -2.56. The first-order valence-electron chi connectivity index (χ1n) is 15.9. The molecule has 1 atom stereocenters. The van der Waals surface area contributed by atoms with E-state index in [0.717, 1.165) is 31.4 Å². The van der Waals surface area contributed by atoms with Crippen molar-refractivity contribution in [2.24, 2.45) is 0 Å². The zero-order valence-corrected chi connectivity index (χ0v) is 25.1. The van der Waals surface area contributed by atoms with Crippen LogP contribution in [0.1, 0.15) is 139 Å². The van der Waals surface area contributed by atoms with Crippen molar-refractivity contribution in [2.75, 3.05) is 6.61 Å². The molecule has 0 aliphatic rings. The Morgan fingerprint density at radius 2 is 1.25 bits per heavy atom. The number of esters is 1. The van der Waals surface area contributed by atoms with Crippen LogP contribution in [-0.2, 0) is 6.42 Å². The van der Waals surface area contributed by atoms with Gasteiger partial charge in [0.05, 0.1) is 6.61 Å². The van der Waals surface area contributed by atoms with E-state index < -0.39 is 12.1 Å². The fourth-order valence-corrected chi connectivity index (χ4v) is 4.93. The average Bonchev–Trinajstić information content (AvgIpc) is 2.94. The Labute approximate surface area is 242 Å². The Bertz CT molecular complexity index is 927. The second kappa shape index (κ2) is 21.2. The fourth-order valence-electron chi connectivity index (χ4n) is 4.93. The van der Waals surface area contributed by atoms with Crippen molar-refractivity contribution in [3.05, 3.63) is 53.6 Å². The summed E-state index contributed by atoms with van der Waals surface area (Å²) in [5, 5.41) is 10.4. The Morgan fingerprint density at radius 1 is 0.725 bits per heavy atom. The van der Waals surface area contributed by atoms with Crippen LogP contribution in [0.15, 0.2) is 42.5 Å². The van der Waals surface area contributed by atoms with Gasteiger partial charge < -0.3 is 14.6 Å². The highest BCUT2D eigenvalue weighted by Crippen LogP contribution is 2.25. The second-order valence-electron chi connectivity index (χ2n) is 11.1. The predicted molar refractivity (Wildman–Crippen MR) is 163 cm³/mol. The standard InChI is InChI=1S/C35H53FO4/c1-3-5-7-9-10-11-12-13-14-15-16-17-19-30(36)27-29-20-25-33(34(37)28-29)35(38)40-32-23-21-31(22-24-32)39-26-18-8-6-4-2/h20-25,28,30,37H,3-19,26-27H2,1-2H3. The van der Waals surface area contributed by atoms with Crippen LogP contribution in [0.25, 0.3) is 0 Å². The molecule has 0 spiro atoms. The molecular weight excluding hydrogens is 503 g/mol. The van der Waals surface area contributed by atoms with E-state index in [1.165, 1.54) is 89.2 Å². The first-order chi connectivity index (χ1) is 19.5. The number of benzene rings is 2. The van der Waals surface area contributed by atoms with Gasteiger partial charge in [0.1, 0.15) is 29.0 Å². The first-order valence-corrected chi connectivity index (χ1v) is 15.9. The summed E-state index contributed by atoms with van der Waals surface area (Å²) >= 11 is 0. The molecule has 0 heterocycles. The SMILES string of the molecule is CCCCCCCCCCCCCCC(F)Cc1ccc(C(=O)Oc2ccc(OCCCCCC)cc2)c(O)c1. The lowest BCUT2D eigenvalue weighted by atomic mass is 10.0. The van der Waals surface area contributed by atoms with E-state index in [1.54, 1.807) is 30.3 Å². The maximum absolute atomic E-state index is 14.6. The van der Waals surface area contributed by atoms with Crippen LogP contribution in [0.5, 0.6) is 17.2 Å². The van der Waals surface area contributed by atoms with Crippen LogP contribution < -0.4 is 9.47 Å². The smallest absolute Gasteiger partial charge is 0.347 e. The highest BCUT2D eigenvalue weighted by molar-refractivity contribution is 5.94. The number of unbranched alkanes of at least 4 members (excludes halogenated alkanes) is 14. The maximum atomic E-state index is 14.6. The highest BCUT2D eigenvalue weighted by Gasteiger charge is 2.16. The monoisotopic (exact) mass is 556 g/mol. The highest BCUT2D eigenvalue weighted by atomic mass is 19.1. The molecule has 2 aromatic carbocycles. The number of hydrogen-bond acceptors (Lipinski definition) is 4.